The average molecular weight is 314 g/mol. The van der Waals surface area contributed by atoms with Gasteiger partial charge in [-0.25, -0.2) is 9.59 Å². The van der Waals surface area contributed by atoms with Gasteiger partial charge >= 0.3 is 23.9 Å². The summed E-state index contributed by atoms with van der Waals surface area (Å²) in [6.07, 6.45) is 2.16. The second kappa shape index (κ2) is 4.91. The summed E-state index contributed by atoms with van der Waals surface area (Å²) in [5.74, 6) is -5.62. The van der Waals surface area contributed by atoms with E-state index in [0.717, 1.165) is 6.08 Å². The Hall–Kier alpha value is -3.22. The summed E-state index contributed by atoms with van der Waals surface area (Å²) in [7, 11) is 0. The number of carboxylic acid groups (broad SMARTS) is 2. The number of hydrogen-bond donors (Lipinski definition) is 2. The number of ether oxygens (including phenoxy) is 1. The molecule has 0 aromatic heterocycles. The van der Waals surface area contributed by atoms with Crippen LogP contribution in [0.25, 0.3) is 5.57 Å². The summed E-state index contributed by atoms with van der Waals surface area (Å²) in [5.41, 5.74) is -1.90. The lowest BCUT2D eigenvalue weighted by Gasteiger charge is -2.28. The van der Waals surface area contributed by atoms with Gasteiger partial charge in [-0.05, 0) is 35.8 Å². The van der Waals surface area contributed by atoms with E-state index in [9.17, 15) is 29.4 Å². The van der Waals surface area contributed by atoms with Crippen LogP contribution in [-0.2, 0) is 19.1 Å². The molecule has 7 nitrogen and oxygen atoms in total. The molecule has 4 bridgehead atoms. The van der Waals surface area contributed by atoms with Crippen LogP contribution in [0, 0.1) is 5.41 Å². The summed E-state index contributed by atoms with van der Waals surface area (Å²) in [6, 6.07) is 6.20. The van der Waals surface area contributed by atoms with Crippen LogP contribution in [0.4, 0.5) is 0 Å². The van der Waals surface area contributed by atoms with Gasteiger partial charge in [-0.15, -0.1) is 0 Å². The minimum Gasteiger partial charge on any atom is -0.480 e. The van der Waals surface area contributed by atoms with E-state index in [1.54, 1.807) is 12.1 Å². The molecular weight excluding hydrogens is 304 g/mol. The standard InChI is InChI=1S/C16H10O7/c17-12-10-3-1-2-8(6-10)9-4-5-16(14(19)20,15(21)22)11(7-9)13(18)23-12/h1-4,6-7H,5H2,(H,19,20)(H,21,22). The lowest BCUT2D eigenvalue weighted by molar-refractivity contribution is -0.164. The minimum absolute atomic E-state index is 0.120. The number of aliphatic carboxylic acids is 2. The van der Waals surface area contributed by atoms with E-state index in [4.69, 9.17) is 0 Å². The van der Waals surface area contributed by atoms with Crippen molar-refractivity contribution in [2.75, 3.05) is 0 Å². The van der Waals surface area contributed by atoms with Crippen LogP contribution in [0.15, 0.2) is 42.0 Å². The van der Waals surface area contributed by atoms with Gasteiger partial charge in [0, 0.05) is 0 Å². The maximum absolute atomic E-state index is 12.2. The molecule has 2 N–H and O–H groups in total. The lowest BCUT2D eigenvalue weighted by atomic mass is 9.72. The first-order valence-electron chi connectivity index (χ1n) is 6.62. The molecule has 0 unspecified atom stereocenters. The summed E-state index contributed by atoms with van der Waals surface area (Å²) in [6.45, 7) is 0. The monoisotopic (exact) mass is 314 g/mol. The SMILES string of the molecule is O=C1OC(=O)c2cccc(c2)C2=CCC(C(=O)O)(C(=O)O)C1=C2. The van der Waals surface area contributed by atoms with Gasteiger partial charge in [0.25, 0.3) is 0 Å². The number of cyclic esters (lactones) is 2. The van der Waals surface area contributed by atoms with Gasteiger partial charge in [-0.2, -0.15) is 0 Å². The van der Waals surface area contributed by atoms with Crippen molar-refractivity contribution in [3.8, 4) is 0 Å². The predicted octanol–water partition coefficient (Wildman–Crippen LogP) is 1.25. The largest absolute Gasteiger partial charge is 0.480 e. The Morgan fingerprint density at radius 1 is 1.04 bits per heavy atom. The third-order valence-electron chi connectivity index (χ3n) is 3.95. The summed E-state index contributed by atoms with van der Waals surface area (Å²) < 4.78 is 4.65. The number of fused-ring (bicyclic) bond motifs is 4. The first-order chi connectivity index (χ1) is 10.9. The fraction of sp³-hybridized carbons (Fsp3) is 0.125. The lowest BCUT2D eigenvalue weighted by Crippen LogP contribution is -2.44. The van der Waals surface area contributed by atoms with Gasteiger partial charge in [0.2, 0.25) is 0 Å². The van der Waals surface area contributed by atoms with Crippen LogP contribution < -0.4 is 0 Å². The maximum atomic E-state index is 12.2. The number of allylic oxidation sites excluding steroid dienone is 3. The van der Waals surface area contributed by atoms with Gasteiger partial charge in [-0.3, -0.25) is 9.59 Å². The molecule has 116 valence electrons. The predicted molar refractivity (Wildman–Crippen MR) is 75.2 cm³/mol. The van der Waals surface area contributed by atoms with Crippen LogP contribution in [0.1, 0.15) is 22.3 Å². The first-order valence-corrected chi connectivity index (χ1v) is 6.62. The third-order valence-corrected chi connectivity index (χ3v) is 3.95. The molecule has 1 aliphatic heterocycles. The van der Waals surface area contributed by atoms with E-state index in [0.29, 0.717) is 11.1 Å². The van der Waals surface area contributed by atoms with Crippen LogP contribution >= 0.6 is 0 Å². The molecule has 0 amide bonds. The zero-order valence-corrected chi connectivity index (χ0v) is 11.6. The highest BCUT2D eigenvalue weighted by Gasteiger charge is 2.54. The molecule has 1 aromatic carbocycles. The molecule has 0 atom stereocenters. The van der Waals surface area contributed by atoms with Gasteiger partial charge < -0.3 is 14.9 Å². The number of carboxylic acids is 2. The Balaban J connectivity index is 2.26. The van der Waals surface area contributed by atoms with Crippen molar-refractivity contribution in [1.82, 2.24) is 0 Å². The maximum Gasteiger partial charge on any atom is 0.346 e. The van der Waals surface area contributed by atoms with Crippen molar-refractivity contribution in [3.63, 3.8) is 0 Å². The Labute approximate surface area is 129 Å². The van der Waals surface area contributed by atoms with E-state index in [-0.39, 0.29) is 5.56 Å². The number of hydrogen-bond acceptors (Lipinski definition) is 5. The van der Waals surface area contributed by atoms with Crippen molar-refractivity contribution in [2.45, 2.75) is 6.42 Å². The molecule has 0 spiro atoms. The first kappa shape index (κ1) is 14.7. The van der Waals surface area contributed by atoms with Crippen LogP contribution in [0.2, 0.25) is 0 Å². The molecule has 1 aliphatic carbocycles. The Kier molecular flexibility index (Phi) is 3.14. The molecule has 0 saturated carbocycles. The number of benzene rings is 1. The number of rotatable bonds is 2. The van der Waals surface area contributed by atoms with E-state index < -0.39 is 41.3 Å². The normalized spacial score (nSPS) is 18.6. The van der Waals surface area contributed by atoms with E-state index in [1.807, 2.05) is 0 Å². The molecule has 1 heterocycles. The highest BCUT2D eigenvalue weighted by atomic mass is 16.6. The van der Waals surface area contributed by atoms with Crippen molar-refractivity contribution in [2.24, 2.45) is 5.41 Å². The van der Waals surface area contributed by atoms with Crippen molar-refractivity contribution in [1.29, 1.82) is 0 Å². The second-order valence-corrected chi connectivity index (χ2v) is 5.20. The molecular formula is C16H10O7. The fourth-order valence-corrected chi connectivity index (χ4v) is 2.67. The molecule has 3 rings (SSSR count). The fourth-order valence-electron chi connectivity index (χ4n) is 2.67. The quantitative estimate of drug-likeness (QED) is 0.623. The zero-order valence-electron chi connectivity index (χ0n) is 11.6. The summed E-state index contributed by atoms with van der Waals surface area (Å²) in [4.78, 5) is 47.3. The van der Waals surface area contributed by atoms with Crippen LogP contribution in [0.5, 0.6) is 0 Å². The summed E-state index contributed by atoms with van der Waals surface area (Å²) in [5, 5.41) is 18.8. The van der Waals surface area contributed by atoms with Gasteiger partial charge in [-0.1, -0.05) is 18.2 Å². The van der Waals surface area contributed by atoms with Gasteiger partial charge in [0.15, 0.2) is 5.41 Å². The Bertz CT molecular complexity index is 815. The van der Waals surface area contributed by atoms with E-state index in [2.05, 4.69) is 4.74 Å². The van der Waals surface area contributed by atoms with Crippen molar-refractivity contribution in [3.05, 3.63) is 53.1 Å². The van der Waals surface area contributed by atoms with Crippen molar-refractivity contribution >= 4 is 29.5 Å². The van der Waals surface area contributed by atoms with Crippen LogP contribution in [0.3, 0.4) is 0 Å². The zero-order chi connectivity index (χ0) is 16.8. The molecule has 1 aromatic rings. The second-order valence-electron chi connectivity index (χ2n) is 5.20. The van der Waals surface area contributed by atoms with Gasteiger partial charge in [0.05, 0.1) is 11.1 Å². The van der Waals surface area contributed by atoms with Gasteiger partial charge in [0.1, 0.15) is 0 Å². The van der Waals surface area contributed by atoms with E-state index in [1.165, 1.54) is 18.2 Å². The number of esters is 2. The number of carbonyl (C=O) groups excluding carboxylic acids is 2. The van der Waals surface area contributed by atoms with E-state index >= 15 is 0 Å². The molecule has 0 saturated heterocycles. The minimum atomic E-state index is -2.47. The smallest absolute Gasteiger partial charge is 0.346 e. The molecule has 2 aliphatic rings. The third kappa shape index (κ3) is 2.05. The molecule has 23 heavy (non-hydrogen) atoms. The number of carbonyl (C=O) groups is 4. The van der Waals surface area contributed by atoms with Crippen LogP contribution in [-0.4, -0.2) is 34.1 Å². The summed E-state index contributed by atoms with van der Waals surface area (Å²) >= 11 is 0. The molecule has 7 heteroatoms. The highest BCUT2D eigenvalue weighted by Crippen LogP contribution is 2.41. The average Bonchev–Trinajstić information content (AvgIpc) is 2.55. The Morgan fingerprint density at radius 3 is 2.35 bits per heavy atom. The van der Waals surface area contributed by atoms with Crippen molar-refractivity contribution < 1.29 is 34.1 Å². The molecule has 0 radical (unpaired) electrons. The molecule has 0 fully saturated rings. The Morgan fingerprint density at radius 2 is 1.70 bits per heavy atom. The topological polar surface area (TPSA) is 118 Å². The highest BCUT2D eigenvalue weighted by molar-refractivity contribution is 6.15.